The fourth-order valence-corrected chi connectivity index (χ4v) is 2.18. The average Bonchev–Trinajstić information content (AvgIpc) is 2.79. The minimum Gasteiger partial charge on any atom is -0.493 e. The Labute approximate surface area is 125 Å². The van der Waals surface area contributed by atoms with Gasteiger partial charge < -0.3 is 15.4 Å². The Kier molecular flexibility index (Phi) is 3.45. The number of aromatic amines is 1. The maximum absolute atomic E-state index is 11.3. The van der Waals surface area contributed by atoms with Crippen molar-refractivity contribution >= 4 is 16.9 Å². The molecule has 0 unspecified atom stereocenters. The predicted molar refractivity (Wildman–Crippen MR) is 79.8 cm³/mol. The van der Waals surface area contributed by atoms with Gasteiger partial charge in [-0.2, -0.15) is 5.10 Å². The van der Waals surface area contributed by atoms with Gasteiger partial charge in [-0.05, 0) is 6.92 Å². The van der Waals surface area contributed by atoms with E-state index in [-0.39, 0.29) is 11.4 Å². The molecule has 3 aromatic rings. The van der Waals surface area contributed by atoms with Crippen molar-refractivity contribution in [3.05, 3.63) is 34.3 Å². The Hall–Kier alpha value is -2.97. The second-order valence-corrected chi connectivity index (χ2v) is 4.85. The topological polar surface area (TPSA) is 122 Å². The van der Waals surface area contributed by atoms with Crippen LogP contribution in [0.5, 0.6) is 5.88 Å². The third kappa shape index (κ3) is 2.73. The van der Waals surface area contributed by atoms with Gasteiger partial charge in [-0.1, -0.05) is 0 Å². The molecule has 9 nitrogen and oxygen atoms in total. The Morgan fingerprint density at radius 3 is 2.95 bits per heavy atom. The number of hydrogen-bond donors (Lipinski definition) is 3. The highest BCUT2D eigenvalue weighted by atomic mass is 16.3. The fourth-order valence-electron chi connectivity index (χ4n) is 2.18. The minimum absolute atomic E-state index is 0.286. The lowest BCUT2D eigenvalue weighted by Crippen LogP contribution is -2.14. The molecule has 0 aliphatic rings. The van der Waals surface area contributed by atoms with Crippen molar-refractivity contribution < 1.29 is 5.11 Å². The van der Waals surface area contributed by atoms with Crippen LogP contribution in [0, 0.1) is 6.92 Å². The Morgan fingerprint density at radius 1 is 1.36 bits per heavy atom. The molecule has 0 saturated heterocycles. The number of aryl methyl sites for hydroxylation is 2. The van der Waals surface area contributed by atoms with E-state index in [0.717, 1.165) is 17.1 Å². The largest absolute Gasteiger partial charge is 0.493 e. The van der Waals surface area contributed by atoms with Crippen molar-refractivity contribution in [3.63, 3.8) is 0 Å². The Balaban J connectivity index is 1.78. The summed E-state index contributed by atoms with van der Waals surface area (Å²) in [6.45, 7) is 2.30. The zero-order valence-electron chi connectivity index (χ0n) is 12.2. The van der Waals surface area contributed by atoms with E-state index in [1.54, 1.807) is 10.9 Å². The molecule has 3 heterocycles. The lowest BCUT2D eigenvalue weighted by atomic mass is 10.3. The molecule has 0 atom stereocenters. The normalized spacial score (nSPS) is 11.0. The van der Waals surface area contributed by atoms with Gasteiger partial charge in [-0.25, -0.2) is 15.0 Å². The molecule has 114 valence electrons. The monoisotopic (exact) mass is 301 g/mol. The van der Waals surface area contributed by atoms with Crippen LogP contribution in [-0.4, -0.2) is 41.4 Å². The lowest BCUT2D eigenvalue weighted by molar-refractivity contribution is 0.447. The summed E-state index contributed by atoms with van der Waals surface area (Å²) in [5.41, 5.74) is 0.369. The first-order valence-electron chi connectivity index (χ1n) is 6.72. The van der Waals surface area contributed by atoms with Gasteiger partial charge in [0, 0.05) is 20.0 Å². The predicted octanol–water partition coefficient (Wildman–Crippen LogP) is 0.115. The van der Waals surface area contributed by atoms with Gasteiger partial charge in [-0.15, -0.1) is 0 Å². The molecule has 0 aliphatic heterocycles. The third-order valence-electron chi connectivity index (χ3n) is 3.14. The number of nitrogens with one attached hydrogen (secondary N) is 2. The molecule has 3 N–H and O–H groups in total. The Morgan fingerprint density at radius 2 is 2.18 bits per heavy atom. The molecule has 0 fully saturated rings. The number of aromatic nitrogens is 6. The standard InChI is InChI=1S/C13H15N7O2/c1-7-16-12(8-6-15-20(2)13(8)17-7)14-4-3-9-18-10(21)5-11(22)19-9/h5-6H,3-4H2,1-2H3,(H,14,16,17)(H2,18,19,21,22). The number of nitrogens with zero attached hydrogens (tertiary/aromatic N) is 5. The zero-order chi connectivity index (χ0) is 15.7. The summed E-state index contributed by atoms with van der Waals surface area (Å²) < 4.78 is 1.68. The molecule has 3 rings (SSSR count). The number of fused-ring (bicyclic) bond motifs is 1. The van der Waals surface area contributed by atoms with Crippen LogP contribution in [0.3, 0.4) is 0 Å². The number of rotatable bonds is 4. The summed E-state index contributed by atoms with van der Waals surface area (Å²) >= 11 is 0. The second kappa shape index (κ2) is 5.43. The van der Waals surface area contributed by atoms with Gasteiger partial charge in [0.15, 0.2) is 5.65 Å². The molecule has 0 amide bonds. The van der Waals surface area contributed by atoms with Gasteiger partial charge in [0.2, 0.25) is 5.88 Å². The summed E-state index contributed by atoms with van der Waals surface area (Å²) in [4.78, 5) is 26.4. The number of aromatic hydroxyl groups is 1. The highest BCUT2D eigenvalue weighted by molar-refractivity contribution is 5.86. The average molecular weight is 301 g/mol. The van der Waals surface area contributed by atoms with Gasteiger partial charge in [0.05, 0.1) is 17.6 Å². The molecule has 0 spiro atoms. The van der Waals surface area contributed by atoms with Crippen LogP contribution in [0.4, 0.5) is 5.82 Å². The summed E-state index contributed by atoms with van der Waals surface area (Å²) in [6, 6.07) is 1.03. The maximum atomic E-state index is 11.3. The van der Waals surface area contributed by atoms with Crippen LogP contribution in [0.25, 0.3) is 11.0 Å². The molecule has 0 aromatic carbocycles. The van der Waals surface area contributed by atoms with Gasteiger partial charge in [0.1, 0.15) is 17.5 Å². The molecule has 0 aliphatic carbocycles. The van der Waals surface area contributed by atoms with Crippen molar-refractivity contribution in [3.8, 4) is 5.88 Å². The van der Waals surface area contributed by atoms with Crippen molar-refractivity contribution in [1.82, 2.24) is 29.7 Å². The van der Waals surface area contributed by atoms with Crippen LogP contribution in [-0.2, 0) is 13.5 Å². The van der Waals surface area contributed by atoms with Crippen molar-refractivity contribution in [2.45, 2.75) is 13.3 Å². The molecule has 0 bridgehead atoms. The number of hydrogen-bond acceptors (Lipinski definition) is 7. The minimum atomic E-state index is -0.380. The zero-order valence-corrected chi connectivity index (χ0v) is 12.2. The van der Waals surface area contributed by atoms with Crippen molar-refractivity contribution in [2.24, 2.45) is 7.05 Å². The van der Waals surface area contributed by atoms with Crippen LogP contribution in [0.2, 0.25) is 0 Å². The SMILES string of the molecule is Cc1nc(NCCc2nc(O)cc(=O)[nH]2)c2cnn(C)c2n1. The summed E-state index contributed by atoms with van der Waals surface area (Å²) in [6.07, 6.45) is 2.14. The highest BCUT2D eigenvalue weighted by Gasteiger charge is 2.09. The Bertz CT molecular complexity index is 884. The summed E-state index contributed by atoms with van der Waals surface area (Å²) in [7, 11) is 1.82. The lowest BCUT2D eigenvalue weighted by Gasteiger charge is -2.07. The molecular formula is C13H15N7O2. The molecule has 3 aromatic heterocycles. The first kappa shape index (κ1) is 14.0. The molecular weight excluding hydrogens is 286 g/mol. The number of anilines is 1. The van der Waals surface area contributed by atoms with E-state index in [1.807, 2.05) is 14.0 Å². The van der Waals surface area contributed by atoms with Crippen molar-refractivity contribution in [1.29, 1.82) is 0 Å². The summed E-state index contributed by atoms with van der Waals surface area (Å²) in [5.74, 6) is 1.44. The molecule has 0 radical (unpaired) electrons. The van der Waals surface area contributed by atoms with Gasteiger partial charge in [0.25, 0.3) is 5.56 Å². The van der Waals surface area contributed by atoms with Crippen LogP contribution >= 0.6 is 0 Å². The van der Waals surface area contributed by atoms with Crippen LogP contribution < -0.4 is 10.9 Å². The molecule has 0 saturated carbocycles. The van der Waals surface area contributed by atoms with Crippen LogP contribution in [0.1, 0.15) is 11.6 Å². The van der Waals surface area contributed by atoms with E-state index in [0.29, 0.717) is 30.4 Å². The third-order valence-corrected chi connectivity index (χ3v) is 3.14. The van der Waals surface area contributed by atoms with E-state index < -0.39 is 0 Å². The molecule has 22 heavy (non-hydrogen) atoms. The van der Waals surface area contributed by atoms with Crippen LogP contribution in [0.15, 0.2) is 17.1 Å². The van der Waals surface area contributed by atoms with Crippen molar-refractivity contribution in [2.75, 3.05) is 11.9 Å². The molecule has 9 heteroatoms. The fraction of sp³-hybridized carbons (Fsp3) is 0.308. The van der Waals surface area contributed by atoms with E-state index in [9.17, 15) is 9.90 Å². The van der Waals surface area contributed by atoms with E-state index >= 15 is 0 Å². The van der Waals surface area contributed by atoms with E-state index in [4.69, 9.17) is 0 Å². The quantitative estimate of drug-likeness (QED) is 0.625. The first-order valence-corrected chi connectivity index (χ1v) is 6.72. The summed E-state index contributed by atoms with van der Waals surface area (Å²) in [5, 5.41) is 17.5. The maximum Gasteiger partial charge on any atom is 0.254 e. The number of H-pyrrole nitrogens is 1. The van der Waals surface area contributed by atoms with Gasteiger partial charge >= 0.3 is 0 Å². The first-order chi connectivity index (χ1) is 10.5. The van der Waals surface area contributed by atoms with E-state index in [1.165, 1.54) is 0 Å². The van der Waals surface area contributed by atoms with Gasteiger partial charge in [-0.3, -0.25) is 9.48 Å². The highest BCUT2D eigenvalue weighted by Crippen LogP contribution is 2.19. The second-order valence-electron chi connectivity index (χ2n) is 4.85. The smallest absolute Gasteiger partial charge is 0.254 e. The van der Waals surface area contributed by atoms with E-state index in [2.05, 4.69) is 30.4 Å².